The summed E-state index contributed by atoms with van der Waals surface area (Å²) in [6.07, 6.45) is 0. The molecule has 1 aliphatic heterocycles. The molecular weight excluding hydrogens is 232 g/mol. The second-order valence-electron chi connectivity index (χ2n) is 4.02. The third-order valence-corrected chi connectivity index (χ3v) is 2.77. The number of anilines is 1. The van der Waals surface area contributed by atoms with Gasteiger partial charge in [-0.25, -0.2) is 0 Å². The van der Waals surface area contributed by atoms with Crippen LogP contribution in [0.25, 0.3) is 0 Å². The summed E-state index contributed by atoms with van der Waals surface area (Å²) in [4.78, 5) is 25.0. The maximum Gasteiger partial charge on any atom is 0.326 e. The monoisotopic (exact) mass is 248 g/mol. The van der Waals surface area contributed by atoms with Gasteiger partial charge >= 0.3 is 5.97 Å². The average Bonchev–Trinajstić information content (AvgIpc) is 2.51. The van der Waals surface area contributed by atoms with Gasteiger partial charge < -0.3 is 10.1 Å². The molecule has 0 radical (unpaired) electrons. The van der Waals surface area contributed by atoms with Gasteiger partial charge in [-0.15, -0.1) is 0 Å². The number of carbonyl (C=O) groups is 2. The second-order valence-corrected chi connectivity index (χ2v) is 4.02. The summed E-state index contributed by atoms with van der Waals surface area (Å²) in [5, 5.41) is 3.05. The van der Waals surface area contributed by atoms with Gasteiger partial charge in [-0.05, 0) is 18.6 Å². The molecule has 1 aliphatic rings. The van der Waals surface area contributed by atoms with E-state index in [9.17, 15) is 9.59 Å². The molecule has 2 rings (SSSR count). The first kappa shape index (κ1) is 12.6. The van der Waals surface area contributed by atoms with Crippen molar-refractivity contribution in [3.8, 4) is 0 Å². The average molecular weight is 248 g/mol. The topological polar surface area (TPSA) is 58.6 Å². The van der Waals surface area contributed by atoms with Crippen molar-refractivity contribution in [1.82, 2.24) is 5.32 Å². The Hall–Kier alpha value is -1.88. The van der Waals surface area contributed by atoms with E-state index in [0.29, 0.717) is 13.2 Å². The summed E-state index contributed by atoms with van der Waals surface area (Å²) in [6, 6.07) is 7.56. The van der Waals surface area contributed by atoms with Gasteiger partial charge in [-0.3, -0.25) is 14.5 Å². The highest BCUT2D eigenvalue weighted by molar-refractivity contribution is 5.99. The van der Waals surface area contributed by atoms with E-state index in [1.54, 1.807) is 6.92 Å². The highest BCUT2D eigenvalue weighted by Crippen LogP contribution is 2.22. The first-order chi connectivity index (χ1) is 8.72. The summed E-state index contributed by atoms with van der Waals surface area (Å²) in [5.41, 5.74) is 1.79. The van der Waals surface area contributed by atoms with Crippen molar-refractivity contribution in [2.75, 3.05) is 24.6 Å². The molecule has 0 bridgehead atoms. The SMILES string of the molecule is CCOC(=O)CN1C(=O)CNCc2ccccc21. The van der Waals surface area contributed by atoms with Gasteiger partial charge in [0.2, 0.25) is 5.91 Å². The number of rotatable bonds is 3. The van der Waals surface area contributed by atoms with Crippen molar-refractivity contribution in [2.24, 2.45) is 0 Å². The largest absolute Gasteiger partial charge is 0.465 e. The lowest BCUT2D eigenvalue weighted by Crippen LogP contribution is -2.39. The Balaban J connectivity index is 2.25. The normalized spacial score (nSPS) is 14.9. The number of hydrogen-bond donors (Lipinski definition) is 1. The van der Waals surface area contributed by atoms with Crippen LogP contribution in [0.4, 0.5) is 5.69 Å². The predicted molar refractivity (Wildman–Crippen MR) is 67.1 cm³/mol. The summed E-state index contributed by atoms with van der Waals surface area (Å²) >= 11 is 0. The fraction of sp³-hybridized carbons (Fsp3) is 0.385. The van der Waals surface area contributed by atoms with Crippen LogP contribution in [-0.2, 0) is 20.9 Å². The lowest BCUT2D eigenvalue weighted by atomic mass is 10.1. The lowest BCUT2D eigenvalue weighted by molar-refractivity contribution is -0.142. The Morgan fingerprint density at radius 2 is 2.17 bits per heavy atom. The Bertz CT molecular complexity index is 459. The summed E-state index contributed by atoms with van der Waals surface area (Å²) in [7, 11) is 0. The minimum absolute atomic E-state index is 0.0363. The minimum atomic E-state index is -0.387. The van der Waals surface area contributed by atoms with E-state index in [1.807, 2.05) is 24.3 Å². The van der Waals surface area contributed by atoms with E-state index in [-0.39, 0.29) is 25.0 Å². The molecule has 0 unspecified atom stereocenters. The number of ether oxygens (including phenoxy) is 1. The lowest BCUT2D eigenvalue weighted by Gasteiger charge is -2.21. The van der Waals surface area contributed by atoms with Gasteiger partial charge in [-0.1, -0.05) is 18.2 Å². The molecule has 96 valence electrons. The van der Waals surface area contributed by atoms with Crippen LogP contribution in [0.2, 0.25) is 0 Å². The summed E-state index contributed by atoms with van der Waals surface area (Å²) < 4.78 is 4.90. The number of nitrogens with one attached hydrogen (secondary N) is 1. The molecular formula is C13H16N2O3. The minimum Gasteiger partial charge on any atom is -0.465 e. The van der Waals surface area contributed by atoms with Crippen molar-refractivity contribution < 1.29 is 14.3 Å². The number of amides is 1. The van der Waals surface area contributed by atoms with Crippen LogP contribution in [0.5, 0.6) is 0 Å². The number of carbonyl (C=O) groups excluding carboxylic acids is 2. The van der Waals surface area contributed by atoms with Crippen LogP contribution in [0.1, 0.15) is 12.5 Å². The van der Waals surface area contributed by atoms with E-state index < -0.39 is 0 Å². The van der Waals surface area contributed by atoms with E-state index in [4.69, 9.17) is 4.74 Å². The number of esters is 1. The number of nitrogens with zero attached hydrogens (tertiary/aromatic N) is 1. The molecule has 0 saturated carbocycles. The molecule has 0 spiro atoms. The molecule has 1 aromatic rings. The van der Waals surface area contributed by atoms with Gasteiger partial charge in [-0.2, -0.15) is 0 Å². The Morgan fingerprint density at radius 1 is 1.39 bits per heavy atom. The standard InChI is InChI=1S/C13H16N2O3/c1-2-18-13(17)9-15-11-6-4-3-5-10(11)7-14-8-12(15)16/h3-6,14H,2,7-9H2,1H3. The van der Waals surface area contributed by atoms with E-state index in [0.717, 1.165) is 11.3 Å². The van der Waals surface area contributed by atoms with Crippen molar-refractivity contribution in [2.45, 2.75) is 13.5 Å². The van der Waals surface area contributed by atoms with E-state index >= 15 is 0 Å². The molecule has 0 saturated heterocycles. The van der Waals surface area contributed by atoms with E-state index in [1.165, 1.54) is 4.90 Å². The zero-order valence-corrected chi connectivity index (χ0v) is 10.3. The van der Waals surface area contributed by atoms with Crippen LogP contribution in [0.15, 0.2) is 24.3 Å². The van der Waals surface area contributed by atoms with Gasteiger partial charge in [0.15, 0.2) is 0 Å². The zero-order valence-electron chi connectivity index (χ0n) is 10.3. The zero-order chi connectivity index (χ0) is 13.0. The quantitative estimate of drug-likeness (QED) is 0.799. The van der Waals surface area contributed by atoms with Crippen LogP contribution in [0.3, 0.4) is 0 Å². The first-order valence-electron chi connectivity index (χ1n) is 5.97. The van der Waals surface area contributed by atoms with Crippen LogP contribution in [0, 0.1) is 0 Å². The van der Waals surface area contributed by atoms with Crippen molar-refractivity contribution >= 4 is 17.6 Å². The van der Waals surface area contributed by atoms with Crippen LogP contribution < -0.4 is 10.2 Å². The van der Waals surface area contributed by atoms with Gasteiger partial charge in [0, 0.05) is 12.2 Å². The fourth-order valence-electron chi connectivity index (χ4n) is 1.97. The summed E-state index contributed by atoms with van der Waals surface area (Å²) in [5.74, 6) is -0.504. The van der Waals surface area contributed by atoms with Crippen molar-refractivity contribution in [3.63, 3.8) is 0 Å². The number of hydrogen-bond acceptors (Lipinski definition) is 4. The van der Waals surface area contributed by atoms with Gasteiger partial charge in [0.25, 0.3) is 0 Å². The second kappa shape index (κ2) is 5.64. The molecule has 1 aromatic carbocycles. The summed E-state index contributed by atoms with van der Waals surface area (Å²) in [6.45, 7) is 2.89. The number of para-hydroxylation sites is 1. The van der Waals surface area contributed by atoms with Gasteiger partial charge in [0.1, 0.15) is 6.54 Å². The molecule has 18 heavy (non-hydrogen) atoms. The molecule has 5 nitrogen and oxygen atoms in total. The third kappa shape index (κ3) is 2.68. The maximum absolute atomic E-state index is 12.0. The fourth-order valence-corrected chi connectivity index (χ4v) is 1.97. The van der Waals surface area contributed by atoms with Crippen molar-refractivity contribution in [1.29, 1.82) is 0 Å². The maximum atomic E-state index is 12.0. The highest BCUT2D eigenvalue weighted by atomic mass is 16.5. The first-order valence-corrected chi connectivity index (χ1v) is 5.97. The highest BCUT2D eigenvalue weighted by Gasteiger charge is 2.24. The van der Waals surface area contributed by atoms with Crippen LogP contribution in [-0.4, -0.2) is 31.6 Å². The molecule has 0 atom stereocenters. The Kier molecular flexibility index (Phi) is 3.94. The smallest absolute Gasteiger partial charge is 0.326 e. The van der Waals surface area contributed by atoms with Crippen LogP contribution >= 0.6 is 0 Å². The third-order valence-electron chi connectivity index (χ3n) is 2.77. The number of fused-ring (bicyclic) bond motifs is 1. The van der Waals surface area contributed by atoms with E-state index in [2.05, 4.69) is 5.32 Å². The predicted octanol–water partition coefficient (Wildman–Crippen LogP) is 0.686. The molecule has 0 fully saturated rings. The number of benzene rings is 1. The molecule has 1 heterocycles. The Morgan fingerprint density at radius 3 is 2.94 bits per heavy atom. The molecule has 0 aromatic heterocycles. The molecule has 1 N–H and O–H groups in total. The Labute approximate surface area is 106 Å². The molecule has 1 amide bonds. The molecule has 5 heteroatoms. The molecule has 0 aliphatic carbocycles. The van der Waals surface area contributed by atoms with Gasteiger partial charge in [0.05, 0.1) is 13.2 Å². The van der Waals surface area contributed by atoms with Crippen molar-refractivity contribution in [3.05, 3.63) is 29.8 Å².